The maximum atomic E-state index is 12.2. The van der Waals surface area contributed by atoms with E-state index in [-0.39, 0.29) is 17.0 Å². The lowest BCUT2D eigenvalue weighted by atomic mass is 10.2. The van der Waals surface area contributed by atoms with Crippen LogP contribution in [0.3, 0.4) is 0 Å². The molecule has 1 aromatic carbocycles. The van der Waals surface area contributed by atoms with Crippen molar-refractivity contribution in [3.05, 3.63) is 40.3 Å². The van der Waals surface area contributed by atoms with Gasteiger partial charge in [0.2, 0.25) is 5.91 Å². The molecule has 26 heavy (non-hydrogen) atoms. The molecule has 0 spiro atoms. The van der Waals surface area contributed by atoms with Crippen molar-refractivity contribution in [2.24, 2.45) is 0 Å². The predicted octanol–water partition coefficient (Wildman–Crippen LogP) is 0.665. The van der Waals surface area contributed by atoms with Crippen LogP contribution in [0.4, 0.5) is 0 Å². The highest BCUT2D eigenvalue weighted by atomic mass is 32.2. The van der Waals surface area contributed by atoms with Crippen molar-refractivity contribution < 1.29 is 19.1 Å². The number of hydrogen-bond donors (Lipinski definition) is 2. The SMILES string of the molecule is COCCCn1c(SCC(=O)NC(=O)c2ccccc2OC)n[nH]c1=O. The highest BCUT2D eigenvalue weighted by Gasteiger charge is 2.16. The number of hydrogen-bond acceptors (Lipinski definition) is 7. The standard InChI is InChI=1S/C16H20N4O5S/c1-24-9-5-8-20-15(23)18-19-16(20)26-10-13(21)17-14(22)11-6-3-4-7-12(11)25-2/h3-4,6-7H,5,8-10H2,1-2H3,(H,18,23)(H,17,21,22). The van der Waals surface area contributed by atoms with Crippen molar-refractivity contribution in [1.29, 1.82) is 0 Å². The molecule has 2 N–H and O–H groups in total. The maximum absolute atomic E-state index is 12.2. The van der Waals surface area contributed by atoms with Gasteiger partial charge >= 0.3 is 5.69 Å². The zero-order chi connectivity index (χ0) is 18.9. The predicted molar refractivity (Wildman–Crippen MR) is 95.5 cm³/mol. The van der Waals surface area contributed by atoms with E-state index >= 15 is 0 Å². The second kappa shape index (κ2) is 9.78. The van der Waals surface area contributed by atoms with Crippen molar-refractivity contribution >= 4 is 23.6 Å². The first-order chi connectivity index (χ1) is 12.6. The van der Waals surface area contributed by atoms with Crippen LogP contribution in [-0.2, 0) is 16.1 Å². The summed E-state index contributed by atoms with van der Waals surface area (Å²) in [6, 6.07) is 6.61. The number of benzene rings is 1. The summed E-state index contributed by atoms with van der Waals surface area (Å²) in [7, 11) is 3.03. The van der Waals surface area contributed by atoms with Crippen molar-refractivity contribution in [1.82, 2.24) is 20.1 Å². The molecule has 10 heteroatoms. The number of ether oxygens (including phenoxy) is 2. The quantitative estimate of drug-likeness (QED) is 0.485. The van der Waals surface area contributed by atoms with Gasteiger partial charge in [-0.2, -0.15) is 0 Å². The number of thioether (sulfide) groups is 1. The van der Waals surface area contributed by atoms with Gasteiger partial charge in [0.15, 0.2) is 5.16 Å². The first kappa shape index (κ1) is 19.7. The van der Waals surface area contributed by atoms with Crippen LogP contribution >= 0.6 is 11.8 Å². The molecule has 0 atom stereocenters. The van der Waals surface area contributed by atoms with E-state index in [1.165, 1.54) is 11.7 Å². The van der Waals surface area contributed by atoms with E-state index in [4.69, 9.17) is 9.47 Å². The number of carbonyl (C=O) groups is 2. The van der Waals surface area contributed by atoms with E-state index in [1.807, 2.05) is 0 Å². The number of aromatic amines is 1. The van der Waals surface area contributed by atoms with Gasteiger partial charge in [-0.25, -0.2) is 9.89 Å². The lowest BCUT2D eigenvalue weighted by molar-refractivity contribution is -0.117. The van der Waals surface area contributed by atoms with E-state index in [1.54, 1.807) is 31.4 Å². The summed E-state index contributed by atoms with van der Waals surface area (Å²) in [5.41, 5.74) is -0.0845. The van der Waals surface area contributed by atoms with Crippen LogP contribution < -0.4 is 15.7 Å². The van der Waals surface area contributed by atoms with Crippen LogP contribution in [0.25, 0.3) is 0 Å². The third kappa shape index (κ3) is 5.20. The second-order valence-corrected chi connectivity index (χ2v) is 6.12. The topological polar surface area (TPSA) is 115 Å². The third-order valence-electron chi connectivity index (χ3n) is 3.39. The summed E-state index contributed by atoms with van der Waals surface area (Å²) < 4.78 is 11.5. The number of rotatable bonds is 9. The molecule has 9 nitrogen and oxygen atoms in total. The van der Waals surface area contributed by atoms with Gasteiger partial charge < -0.3 is 9.47 Å². The van der Waals surface area contributed by atoms with Gasteiger partial charge in [0.1, 0.15) is 5.75 Å². The average Bonchev–Trinajstić information content (AvgIpc) is 3.00. The Kier molecular flexibility index (Phi) is 7.42. The molecule has 2 rings (SSSR count). The number of H-pyrrole nitrogens is 1. The fourth-order valence-electron chi connectivity index (χ4n) is 2.17. The molecule has 0 aliphatic rings. The fraction of sp³-hybridized carbons (Fsp3) is 0.375. The van der Waals surface area contributed by atoms with Crippen molar-refractivity contribution in [2.45, 2.75) is 18.1 Å². The maximum Gasteiger partial charge on any atom is 0.343 e. The Bertz CT molecular complexity index is 817. The Morgan fingerprint density at radius 3 is 2.81 bits per heavy atom. The fourth-order valence-corrected chi connectivity index (χ4v) is 2.94. The van der Waals surface area contributed by atoms with E-state index in [0.29, 0.717) is 30.5 Å². The number of nitrogens with zero attached hydrogens (tertiary/aromatic N) is 2. The highest BCUT2D eigenvalue weighted by molar-refractivity contribution is 7.99. The summed E-state index contributed by atoms with van der Waals surface area (Å²) in [5, 5.41) is 8.92. The van der Waals surface area contributed by atoms with Gasteiger partial charge in [0.05, 0.1) is 18.4 Å². The molecule has 0 aliphatic carbocycles. The molecule has 0 radical (unpaired) electrons. The zero-order valence-electron chi connectivity index (χ0n) is 14.5. The lowest BCUT2D eigenvalue weighted by Crippen LogP contribution is -2.32. The molecule has 140 valence electrons. The zero-order valence-corrected chi connectivity index (χ0v) is 15.3. The molecule has 2 amide bonds. The van der Waals surface area contributed by atoms with E-state index < -0.39 is 11.8 Å². The molecule has 2 aromatic rings. The van der Waals surface area contributed by atoms with Crippen LogP contribution in [0.5, 0.6) is 5.75 Å². The van der Waals surface area contributed by atoms with Crippen molar-refractivity contribution in [3.63, 3.8) is 0 Å². The van der Waals surface area contributed by atoms with E-state index in [0.717, 1.165) is 11.8 Å². The Labute approximate surface area is 154 Å². The van der Waals surface area contributed by atoms with Crippen LogP contribution in [0.2, 0.25) is 0 Å². The number of imide groups is 1. The number of aromatic nitrogens is 3. The summed E-state index contributed by atoms with van der Waals surface area (Å²) in [4.78, 5) is 36.0. The molecule has 0 bridgehead atoms. The lowest BCUT2D eigenvalue weighted by Gasteiger charge is -2.08. The van der Waals surface area contributed by atoms with Crippen LogP contribution in [0, 0.1) is 0 Å². The molecule has 0 saturated carbocycles. The number of methoxy groups -OCH3 is 2. The Balaban J connectivity index is 1.93. The normalized spacial score (nSPS) is 10.5. The van der Waals surface area contributed by atoms with Crippen molar-refractivity contribution in [2.75, 3.05) is 26.6 Å². The van der Waals surface area contributed by atoms with Gasteiger partial charge in [-0.3, -0.25) is 19.5 Å². The summed E-state index contributed by atoms with van der Waals surface area (Å²) in [6.07, 6.45) is 0.641. The first-order valence-corrected chi connectivity index (χ1v) is 8.79. The van der Waals surface area contributed by atoms with Crippen LogP contribution in [0.1, 0.15) is 16.8 Å². The molecule has 1 aromatic heterocycles. The third-order valence-corrected chi connectivity index (χ3v) is 4.37. The minimum atomic E-state index is -0.549. The van der Waals surface area contributed by atoms with E-state index in [2.05, 4.69) is 15.5 Å². The Morgan fingerprint density at radius 2 is 2.08 bits per heavy atom. The molecule has 0 saturated heterocycles. The van der Waals surface area contributed by atoms with Gasteiger partial charge in [-0.05, 0) is 18.6 Å². The summed E-state index contributed by atoms with van der Waals surface area (Å²) in [5.74, 6) is -0.725. The van der Waals surface area contributed by atoms with Gasteiger partial charge in [0, 0.05) is 20.3 Å². The first-order valence-electron chi connectivity index (χ1n) is 7.81. The largest absolute Gasteiger partial charge is 0.496 e. The molecule has 0 unspecified atom stereocenters. The number of para-hydroxylation sites is 1. The van der Waals surface area contributed by atoms with Gasteiger partial charge in [-0.1, -0.05) is 23.9 Å². The van der Waals surface area contributed by atoms with Crippen LogP contribution in [-0.4, -0.2) is 53.2 Å². The van der Waals surface area contributed by atoms with Crippen molar-refractivity contribution in [3.8, 4) is 5.75 Å². The number of amides is 2. The average molecular weight is 380 g/mol. The van der Waals surface area contributed by atoms with Gasteiger partial charge in [0.25, 0.3) is 5.91 Å². The van der Waals surface area contributed by atoms with Crippen LogP contribution in [0.15, 0.2) is 34.2 Å². The Morgan fingerprint density at radius 1 is 1.31 bits per heavy atom. The minimum Gasteiger partial charge on any atom is -0.496 e. The second-order valence-electron chi connectivity index (χ2n) is 5.18. The molecular weight excluding hydrogens is 360 g/mol. The molecule has 0 fully saturated rings. The Hall–Kier alpha value is -2.59. The number of nitrogens with one attached hydrogen (secondary N) is 2. The summed E-state index contributed by atoms with van der Waals surface area (Å²) >= 11 is 1.07. The van der Waals surface area contributed by atoms with Gasteiger partial charge in [-0.15, -0.1) is 5.10 Å². The molecular formula is C16H20N4O5S. The summed E-state index contributed by atoms with van der Waals surface area (Å²) in [6.45, 7) is 0.933. The highest BCUT2D eigenvalue weighted by Crippen LogP contribution is 2.17. The molecule has 0 aliphatic heterocycles. The number of carbonyl (C=O) groups excluding carboxylic acids is 2. The van der Waals surface area contributed by atoms with E-state index in [9.17, 15) is 14.4 Å². The smallest absolute Gasteiger partial charge is 0.343 e. The monoisotopic (exact) mass is 380 g/mol. The minimum absolute atomic E-state index is 0.0601. The molecule has 1 heterocycles.